The Labute approximate surface area is 161 Å². The highest BCUT2D eigenvalue weighted by molar-refractivity contribution is 5.85. The van der Waals surface area contributed by atoms with E-state index in [4.69, 9.17) is 0 Å². The minimum absolute atomic E-state index is 0.00289. The minimum atomic E-state index is -0.567. The molecule has 1 saturated heterocycles. The number of hydrogen-bond acceptors (Lipinski definition) is 7. The van der Waals surface area contributed by atoms with Gasteiger partial charge in [0.15, 0.2) is 17.4 Å². The van der Waals surface area contributed by atoms with Gasteiger partial charge in [0.2, 0.25) is 5.95 Å². The molecule has 1 saturated carbocycles. The molecule has 9 nitrogen and oxygen atoms in total. The summed E-state index contributed by atoms with van der Waals surface area (Å²) in [6.45, 7) is 4.09. The lowest BCUT2D eigenvalue weighted by Gasteiger charge is -2.22. The van der Waals surface area contributed by atoms with Crippen LogP contribution in [-0.2, 0) is 10.2 Å². The topological polar surface area (TPSA) is 111 Å². The molecule has 0 radical (unpaired) electrons. The van der Waals surface area contributed by atoms with Crippen LogP contribution in [0.25, 0.3) is 5.52 Å². The molecule has 5 rings (SSSR count). The van der Waals surface area contributed by atoms with E-state index < -0.39 is 12.1 Å². The number of carbonyl (C=O) groups is 1. The van der Waals surface area contributed by atoms with Gasteiger partial charge < -0.3 is 15.3 Å². The largest absolute Gasteiger partial charge is 0.391 e. The SMILES string of the molecule is CC(=O)[C@@H]1C[C@H](O)CN1c1nc(Nc2cc(C3(C)CC3)[nH]n2)c2cccn2n1. The van der Waals surface area contributed by atoms with Gasteiger partial charge in [-0.05, 0) is 31.9 Å². The molecule has 2 atom stereocenters. The maximum absolute atomic E-state index is 12.0. The van der Waals surface area contributed by atoms with Crippen molar-refractivity contribution >= 4 is 28.9 Å². The van der Waals surface area contributed by atoms with E-state index >= 15 is 0 Å². The molecular formula is C19H23N7O2. The molecule has 0 unspecified atom stereocenters. The van der Waals surface area contributed by atoms with E-state index in [1.165, 1.54) is 19.8 Å². The van der Waals surface area contributed by atoms with Crippen molar-refractivity contribution in [3.8, 4) is 0 Å². The molecule has 3 N–H and O–H groups in total. The Morgan fingerprint density at radius 2 is 2.25 bits per heavy atom. The van der Waals surface area contributed by atoms with Crippen molar-refractivity contribution in [1.29, 1.82) is 0 Å². The summed E-state index contributed by atoms with van der Waals surface area (Å²) in [4.78, 5) is 18.5. The van der Waals surface area contributed by atoms with Crippen LogP contribution < -0.4 is 10.2 Å². The number of rotatable bonds is 5. The van der Waals surface area contributed by atoms with Crippen molar-refractivity contribution in [3.05, 3.63) is 30.1 Å². The first-order valence-electron chi connectivity index (χ1n) is 9.56. The van der Waals surface area contributed by atoms with E-state index in [9.17, 15) is 9.90 Å². The van der Waals surface area contributed by atoms with Crippen molar-refractivity contribution in [2.75, 3.05) is 16.8 Å². The first kappa shape index (κ1) is 17.2. The number of Topliss-reactive ketones (excluding diaryl/α,β-unsaturated/α-hetero) is 1. The summed E-state index contributed by atoms with van der Waals surface area (Å²) in [5.41, 5.74) is 2.13. The summed E-state index contributed by atoms with van der Waals surface area (Å²) in [5, 5.41) is 25.4. The van der Waals surface area contributed by atoms with Crippen LogP contribution in [0, 0.1) is 0 Å². The summed E-state index contributed by atoms with van der Waals surface area (Å²) < 4.78 is 1.72. The Morgan fingerprint density at radius 3 is 3.00 bits per heavy atom. The zero-order valence-electron chi connectivity index (χ0n) is 15.9. The van der Waals surface area contributed by atoms with E-state index in [1.807, 2.05) is 24.4 Å². The molecule has 1 aliphatic heterocycles. The number of fused-ring (bicyclic) bond motifs is 1. The van der Waals surface area contributed by atoms with Gasteiger partial charge in [-0.1, -0.05) is 6.92 Å². The number of nitrogens with zero attached hydrogens (tertiary/aromatic N) is 5. The first-order chi connectivity index (χ1) is 13.4. The molecule has 2 aliphatic rings. The lowest BCUT2D eigenvalue weighted by atomic mass is 10.1. The number of ketones is 1. The number of aromatic nitrogens is 5. The second kappa shape index (κ2) is 6.03. The number of hydrogen-bond donors (Lipinski definition) is 3. The molecule has 9 heteroatoms. The zero-order valence-corrected chi connectivity index (χ0v) is 15.9. The minimum Gasteiger partial charge on any atom is -0.391 e. The zero-order chi connectivity index (χ0) is 19.5. The molecule has 4 heterocycles. The van der Waals surface area contributed by atoms with Gasteiger partial charge >= 0.3 is 0 Å². The van der Waals surface area contributed by atoms with E-state index in [0.29, 0.717) is 30.5 Å². The lowest BCUT2D eigenvalue weighted by molar-refractivity contribution is -0.118. The number of aliphatic hydroxyl groups excluding tert-OH is 1. The van der Waals surface area contributed by atoms with E-state index in [1.54, 1.807) is 9.42 Å². The summed E-state index contributed by atoms with van der Waals surface area (Å²) in [6, 6.07) is 5.42. The van der Waals surface area contributed by atoms with Gasteiger partial charge in [-0.25, -0.2) is 4.52 Å². The molecule has 2 fully saturated rings. The van der Waals surface area contributed by atoms with Crippen molar-refractivity contribution in [3.63, 3.8) is 0 Å². The highest BCUT2D eigenvalue weighted by Crippen LogP contribution is 2.47. The van der Waals surface area contributed by atoms with Gasteiger partial charge in [0.05, 0.1) is 12.1 Å². The number of H-pyrrole nitrogens is 1. The fourth-order valence-corrected chi connectivity index (χ4v) is 3.83. The Kier molecular flexibility index (Phi) is 3.70. The monoisotopic (exact) mass is 381 g/mol. The molecule has 0 bridgehead atoms. The van der Waals surface area contributed by atoms with Gasteiger partial charge in [0.25, 0.3) is 0 Å². The first-order valence-corrected chi connectivity index (χ1v) is 9.56. The third kappa shape index (κ3) is 2.82. The van der Waals surface area contributed by atoms with E-state index in [2.05, 4.69) is 32.5 Å². The number of nitrogens with one attached hydrogen (secondary N) is 2. The molecular weight excluding hydrogens is 358 g/mol. The molecule has 28 heavy (non-hydrogen) atoms. The van der Waals surface area contributed by atoms with Crippen LogP contribution in [0.3, 0.4) is 0 Å². The third-order valence-electron chi connectivity index (χ3n) is 5.86. The number of aromatic amines is 1. The van der Waals surface area contributed by atoms with Gasteiger partial charge in [-0.2, -0.15) is 10.1 Å². The Morgan fingerprint density at radius 1 is 1.43 bits per heavy atom. The smallest absolute Gasteiger partial charge is 0.246 e. The molecule has 3 aromatic heterocycles. The van der Waals surface area contributed by atoms with Crippen molar-refractivity contribution in [2.45, 2.75) is 50.7 Å². The van der Waals surface area contributed by atoms with Crippen molar-refractivity contribution in [1.82, 2.24) is 24.8 Å². The van der Waals surface area contributed by atoms with Crippen LogP contribution in [0.4, 0.5) is 17.6 Å². The van der Waals surface area contributed by atoms with Crippen molar-refractivity contribution in [2.24, 2.45) is 0 Å². The predicted octanol–water partition coefficient (Wildman–Crippen LogP) is 1.78. The Balaban J connectivity index is 1.51. The molecule has 1 aliphatic carbocycles. The van der Waals surface area contributed by atoms with Crippen LogP contribution in [-0.4, -0.2) is 54.4 Å². The summed E-state index contributed by atoms with van der Waals surface area (Å²) in [7, 11) is 0. The second-order valence-corrected chi connectivity index (χ2v) is 8.12. The van der Waals surface area contributed by atoms with Crippen molar-refractivity contribution < 1.29 is 9.90 Å². The van der Waals surface area contributed by atoms with Crippen LogP contribution >= 0.6 is 0 Å². The van der Waals surface area contributed by atoms with Crippen LogP contribution in [0.1, 0.15) is 38.8 Å². The highest BCUT2D eigenvalue weighted by atomic mass is 16.3. The molecule has 146 valence electrons. The number of carbonyl (C=O) groups excluding carboxylic acids is 1. The van der Waals surface area contributed by atoms with E-state index in [0.717, 1.165) is 11.2 Å². The normalized spacial score (nSPS) is 23.3. The predicted molar refractivity (Wildman–Crippen MR) is 104 cm³/mol. The molecule has 0 spiro atoms. The maximum atomic E-state index is 12.0. The quantitative estimate of drug-likeness (QED) is 0.618. The fourth-order valence-electron chi connectivity index (χ4n) is 3.83. The number of β-amino-alcohol motifs (C(OH)–C–C–N with tert-alkyl or cyclic N) is 1. The van der Waals surface area contributed by atoms with Gasteiger partial charge in [0, 0.05) is 36.3 Å². The maximum Gasteiger partial charge on any atom is 0.246 e. The third-order valence-corrected chi connectivity index (χ3v) is 5.86. The van der Waals surface area contributed by atoms with Gasteiger partial charge in [-0.15, -0.1) is 5.10 Å². The van der Waals surface area contributed by atoms with Crippen LogP contribution in [0.5, 0.6) is 0 Å². The Hall–Kier alpha value is -2.94. The molecule has 0 aromatic carbocycles. The molecule has 0 amide bonds. The van der Waals surface area contributed by atoms with Gasteiger partial charge in [-0.3, -0.25) is 9.89 Å². The second-order valence-electron chi connectivity index (χ2n) is 8.12. The summed E-state index contributed by atoms with van der Waals surface area (Å²) in [5.74, 6) is 1.71. The van der Waals surface area contributed by atoms with Crippen LogP contribution in [0.2, 0.25) is 0 Å². The van der Waals surface area contributed by atoms with E-state index in [-0.39, 0.29) is 11.2 Å². The Bertz CT molecular complexity index is 1050. The van der Waals surface area contributed by atoms with Gasteiger partial charge in [0.1, 0.15) is 5.52 Å². The van der Waals surface area contributed by atoms with Crippen LogP contribution in [0.15, 0.2) is 24.4 Å². The summed E-state index contributed by atoms with van der Waals surface area (Å²) >= 11 is 0. The average Bonchev–Trinajstić information content (AvgIpc) is 3.08. The fraction of sp³-hybridized carbons (Fsp3) is 0.474. The lowest BCUT2D eigenvalue weighted by Crippen LogP contribution is -2.36. The summed E-state index contributed by atoms with van der Waals surface area (Å²) in [6.07, 6.45) is 3.99. The average molecular weight is 381 g/mol. The molecule has 3 aromatic rings. The number of anilines is 3. The number of aliphatic hydroxyl groups is 1. The highest BCUT2D eigenvalue weighted by Gasteiger charge is 2.41. The standard InChI is InChI=1S/C19H23N7O2/c1-11(27)14-8-12(28)10-25(14)18-21-17(13-4-3-7-26(13)24-18)20-16-9-15(22-23-16)19(2)5-6-19/h3-4,7,9,12,14,28H,5-6,8,10H2,1-2H3,(H2,20,21,22,23,24)/t12-,14-/m0/s1.